The van der Waals surface area contributed by atoms with Crippen LogP contribution in [-0.2, 0) is 9.53 Å². The number of ether oxygens (including phenoxy) is 1. The van der Waals surface area contributed by atoms with Crippen LogP contribution in [-0.4, -0.2) is 51.8 Å². The first-order valence-corrected chi connectivity index (χ1v) is 9.29. The average Bonchev–Trinajstić information content (AvgIpc) is 2.98. The zero-order valence-electron chi connectivity index (χ0n) is 15.9. The molecule has 1 amide bonds. The molecule has 6 heteroatoms. The first-order chi connectivity index (χ1) is 11.5. The maximum Gasteiger partial charge on any atom is 0.241 e. The Kier molecular flexibility index (Phi) is 9.76. The topological polar surface area (TPSA) is 74.8 Å². The Hall–Kier alpha value is -1.30. The summed E-state index contributed by atoms with van der Waals surface area (Å²) >= 11 is 0. The molecule has 140 valence electrons. The molecular weight excluding hydrogens is 304 g/mol. The molecule has 0 spiro atoms. The number of hydrogen-bond acceptors (Lipinski definition) is 3. The quantitative estimate of drug-likeness (QED) is 0.323. The number of amides is 1. The standard InChI is InChI=1S/C18H36N4O2/c1-5-19-17(21-13-16(23)20-10-11-24-4)22-14-18(12-15(2)3)8-6-7-9-18/h15H,5-14H2,1-4H3,(H,20,23)(H2,19,21,22). The number of carbonyl (C=O) groups excluding carboxylic acids is 1. The van der Waals surface area contributed by atoms with Gasteiger partial charge < -0.3 is 20.7 Å². The molecule has 0 bridgehead atoms. The molecule has 1 fully saturated rings. The molecule has 6 nitrogen and oxygen atoms in total. The van der Waals surface area contributed by atoms with Crippen molar-refractivity contribution in [1.29, 1.82) is 0 Å². The number of nitrogens with one attached hydrogen (secondary N) is 3. The van der Waals surface area contributed by atoms with Gasteiger partial charge in [-0.05, 0) is 37.5 Å². The summed E-state index contributed by atoms with van der Waals surface area (Å²) in [7, 11) is 1.62. The summed E-state index contributed by atoms with van der Waals surface area (Å²) in [5.41, 5.74) is 0.380. The maximum absolute atomic E-state index is 11.8. The molecule has 3 N–H and O–H groups in total. The van der Waals surface area contributed by atoms with Gasteiger partial charge in [0.1, 0.15) is 6.54 Å². The van der Waals surface area contributed by atoms with Gasteiger partial charge in [0.25, 0.3) is 0 Å². The van der Waals surface area contributed by atoms with E-state index in [1.54, 1.807) is 7.11 Å². The highest BCUT2D eigenvalue weighted by atomic mass is 16.5. The van der Waals surface area contributed by atoms with Gasteiger partial charge in [-0.1, -0.05) is 26.7 Å². The minimum Gasteiger partial charge on any atom is -0.383 e. The number of rotatable bonds is 10. The van der Waals surface area contributed by atoms with Crippen LogP contribution in [0.3, 0.4) is 0 Å². The Labute approximate surface area is 147 Å². The molecule has 0 aromatic carbocycles. The van der Waals surface area contributed by atoms with Gasteiger partial charge in [-0.15, -0.1) is 0 Å². The molecule has 1 aliphatic carbocycles. The molecular formula is C18H36N4O2. The zero-order chi connectivity index (χ0) is 17.8. The first kappa shape index (κ1) is 20.7. The summed E-state index contributed by atoms with van der Waals surface area (Å²) in [6.45, 7) is 9.52. The van der Waals surface area contributed by atoms with Gasteiger partial charge in [0.05, 0.1) is 6.61 Å². The van der Waals surface area contributed by atoms with Crippen LogP contribution in [0.2, 0.25) is 0 Å². The van der Waals surface area contributed by atoms with E-state index in [2.05, 4.69) is 34.8 Å². The highest BCUT2D eigenvalue weighted by Crippen LogP contribution is 2.42. The fraction of sp³-hybridized carbons (Fsp3) is 0.889. The number of nitrogens with zero attached hydrogens (tertiary/aromatic N) is 1. The number of aliphatic imine (C=N–C) groups is 1. The molecule has 0 aromatic rings. The van der Waals surface area contributed by atoms with Crippen molar-refractivity contribution in [3.8, 4) is 0 Å². The van der Waals surface area contributed by atoms with E-state index in [1.807, 2.05) is 6.92 Å². The SMILES string of the molecule is CCNC(=NCC(=O)NCCOC)NCC1(CC(C)C)CCCC1. The van der Waals surface area contributed by atoms with E-state index in [1.165, 1.54) is 32.1 Å². The largest absolute Gasteiger partial charge is 0.383 e. The molecule has 1 aliphatic rings. The van der Waals surface area contributed by atoms with Crippen molar-refractivity contribution in [2.75, 3.05) is 39.9 Å². The first-order valence-electron chi connectivity index (χ1n) is 9.29. The highest BCUT2D eigenvalue weighted by molar-refractivity contribution is 5.84. The second-order valence-electron chi connectivity index (χ2n) is 7.20. The fourth-order valence-electron chi connectivity index (χ4n) is 3.56. The van der Waals surface area contributed by atoms with E-state index >= 15 is 0 Å². The molecule has 0 heterocycles. The summed E-state index contributed by atoms with van der Waals surface area (Å²) in [5.74, 6) is 1.35. The molecule has 1 saturated carbocycles. The summed E-state index contributed by atoms with van der Waals surface area (Å²) in [5, 5.41) is 9.48. The molecule has 0 aliphatic heterocycles. The van der Waals surface area contributed by atoms with Crippen molar-refractivity contribution in [2.45, 2.75) is 52.9 Å². The number of hydrogen-bond donors (Lipinski definition) is 3. The fourth-order valence-corrected chi connectivity index (χ4v) is 3.56. The van der Waals surface area contributed by atoms with Gasteiger partial charge in [0.2, 0.25) is 5.91 Å². The molecule has 0 aromatic heterocycles. The van der Waals surface area contributed by atoms with Crippen LogP contribution in [0.5, 0.6) is 0 Å². The second kappa shape index (κ2) is 11.3. The third-order valence-electron chi connectivity index (χ3n) is 4.49. The lowest BCUT2D eigenvalue weighted by Crippen LogP contribution is -2.44. The van der Waals surface area contributed by atoms with Gasteiger partial charge in [0.15, 0.2) is 5.96 Å². The van der Waals surface area contributed by atoms with E-state index in [4.69, 9.17) is 4.74 Å². The van der Waals surface area contributed by atoms with Crippen molar-refractivity contribution in [3.63, 3.8) is 0 Å². The van der Waals surface area contributed by atoms with Crippen LogP contribution < -0.4 is 16.0 Å². The smallest absolute Gasteiger partial charge is 0.241 e. The van der Waals surface area contributed by atoms with E-state index in [-0.39, 0.29) is 12.5 Å². The van der Waals surface area contributed by atoms with Crippen LogP contribution >= 0.6 is 0 Å². The molecule has 1 rings (SSSR count). The Morgan fingerprint density at radius 3 is 2.50 bits per heavy atom. The van der Waals surface area contributed by atoms with E-state index < -0.39 is 0 Å². The molecule has 0 unspecified atom stereocenters. The van der Waals surface area contributed by atoms with Gasteiger partial charge >= 0.3 is 0 Å². The summed E-state index contributed by atoms with van der Waals surface area (Å²) < 4.78 is 4.92. The Morgan fingerprint density at radius 1 is 1.21 bits per heavy atom. The van der Waals surface area contributed by atoms with Crippen LogP contribution in [0.1, 0.15) is 52.9 Å². The monoisotopic (exact) mass is 340 g/mol. The maximum atomic E-state index is 11.8. The lowest BCUT2D eigenvalue weighted by Gasteiger charge is -2.31. The average molecular weight is 341 g/mol. The van der Waals surface area contributed by atoms with Crippen LogP contribution in [0, 0.1) is 11.3 Å². The van der Waals surface area contributed by atoms with Gasteiger partial charge in [0, 0.05) is 26.7 Å². The van der Waals surface area contributed by atoms with Crippen molar-refractivity contribution >= 4 is 11.9 Å². The molecule has 24 heavy (non-hydrogen) atoms. The summed E-state index contributed by atoms with van der Waals surface area (Å²) in [6.07, 6.45) is 6.47. The molecule has 0 saturated heterocycles. The van der Waals surface area contributed by atoms with Crippen molar-refractivity contribution < 1.29 is 9.53 Å². The van der Waals surface area contributed by atoms with E-state index in [9.17, 15) is 4.79 Å². The number of methoxy groups -OCH3 is 1. The predicted octanol–water partition coefficient (Wildman–Crippen LogP) is 1.91. The summed E-state index contributed by atoms with van der Waals surface area (Å²) in [4.78, 5) is 16.2. The van der Waals surface area contributed by atoms with E-state index in [0.717, 1.165) is 19.0 Å². The predicted molar refractivity (Wildman–Crippen MR) is 99.2 cm³/mol. The number of carbonyl (C=O) groups is 1. The third kappa shape index (κ3) is 7.99. The van der Waals surface area contributed by atoms with Crippen LogP contribution in [0.25, 0.3) is 0 Å². The van der Waals surface area contributed by atoms with Gasteiger partial charge in [-0.25, -0.2) is 4.99 Å². The minimum atomic E-state index is -0.0815. The Bertz CT molecular complexity index is 390. The lowest BCUT2D eigenvalue weighted by molar-refractivity contribution is -0.119. The molecule has 0 radical (unpaired) electrons. The zero-order valence-corrected chi connectivity index (χ0v) is 15.9. The van der Waals surface area contributed by atoms with Crippen LogP contribution in [0.15, 0.2) is 4.99 Å². The van der Waals surface area contributed by atoms with Crippen molar-refractivity contribution in [2.24, 2.45) is 16.3 Å². The highest BCUT2D eigenvalue weighted by Gasteiger charge is 2.34. The van der Waals surface area contributed by atoms with Crippen molar-refractivity contribution in [3.05, 3.63) is 0 Å². The number of guanidine groups is 1. The van der Waals surface area contributed by atoms with Gasteiger partial charge in [-0.2, -0.15) is 0 Å². The Balaban J connectivity index is 2.51. The molecule has 0 atom stereocenters. The normalized spacial score (nSPS) is 17.1. The van der Waals surface area contributed by atoms with E-state index in [0.29, 0.717) is 24.5 Å². The minimum absolute atomic E-state index is 0.0815. The summed E-state index contributed by atoms with van der Waals surface area (Å²) in [6, 6.07) is 0. The van der Waals surface area contributed by atoms with Gasteiger partial charge in [-0.3, -0.25) is 4.79 Å². The lowest BCUT2D eigenvalue weighted by atomic mass is 9.78. The third-order valence-corrected chi connectivity index (χ3v) is 4.49. The van der Waals surface area contributed by atoms with Crippen LogP contribution in [0.4, 0.5) is 0 Å². The van der Waals surface area contributed by atoms with Crippen molar-refractivity contribution in [1.82, 2.24) is 16.0 Å². The second-order valence-corrected chi connectivity index (χ2v) is 7.20. The Morgan fingerprint density at radius 2 is 1.92 bits per heavy atom.